The maximum Gasteiger partial charge on any atom is 0.0589 e. The van der Waals surface area contributed by atoms with Gasteiger partial charge in [-0.25, -0.2) is 0 Å². The van der Waals surface area contributed by atoms with Crippen molar-refractivity contribution in [3.8, 4) is 0 Å². The molecular formula is C13H28N2O. The third-order valence-electron chi connectivity index (χ3n) is 3.69. The first-order valence-corrected chi connectivity index (χ1v) is 6.71. The van der Waals surface area contributed by atoms with Gasteiger partial charge in [0.1, 0.15) is 0 Å². The van der Waals surface area contributed by atoms with Crippen LogP contribution >= 0.6 is 0 Å². The van der Waals surface area contributed by atoms with E-state index in [0.29, 0.717) is 6.04 Å². The molecule has 16 heavy (non-hydrogen) atoms. The van der Waals surface area contributed by atoms with Crippen LogP contribution in [0.1, 0.15) is 33.1 Å². The number of nitrogens with zero attached hydrogens (tertiary/aromatic N) is 1. The summed E-state index contributed by atoms with van der Waals surface area (Å²) in [7, 11) is 1.79. The highest BCUT2D eigenvalue weighted by Gasteiger charge is 2.19. The Hall–Kier alpha value is -0.120. The normalized spacial score (nSPS) is 23.6. The van der Waals surface area contributed by atoms with E-state index in [1.807, 2.05) is 0 Å². The summed E-state index contributed by atoms with van der Waals surface area (Å²) in [5.74, 6) is 0.833. The Kier molecular flexibility index (Phi) is 7.01. The van der Waals surface area contributed by atoms with Gasteiger partial charge in [0.05, 0.1) is 6.61 Å². The summed E-state index contributed by atoms with van der Waals surface area (Å²) in [4.78, 5) is 2.58. The average molecular weight is 228 g/mol. The molecule has 0 amide bonds. The van der Waals surface area contributed by atoms with Gasteiger partial charge in [0.15, 0.2) is 0 Å². The van der Waals surface area contributed by atoms with E-state index in [4.69, 9.17) is 4.74 Å². The minimum atomic E-state index is 0.678. The van der Waals surface area contributed by atoms with E-state index in [0.717, 1.165) is 19.1 Å². The summed E-state index contributed by atoms with van der Waals surface area (Å²) in [6.07, 6.45) is 3.94. The number of ether oxygens (including phenoxy) is 1. The number of piperidine rings is 1. The predicted octanol–water partition coefficient (Wildman–Crippen LogP) is 1.73. The number of methoxy groups -OCH3 is 1. The minimum Gasteiger partial charge on any atom is -0.383 e. The van der Waals surface area contributed by atoms with Crippen LogP contribution in [-0.2, 0) is 4.74 Å². The zero-order valence-corrected chi connectivity index (χ0v) is 11.2. The molecule has 0 aromatic heterocycles. The Labute approximate surface area is 101 Å². The predicted molar refractivity (Wildman–Crippen MR) is 68.8 cm³/mol. The Morgan fingerprint density at radius 2 is 2.31 bits per heavy atom. The molecule has 2 atom stereocenters. The zero-order valence-electron chi connectivity index (χ0n) is 11.2. The van der Waals surface area contributed by atoms with Crippen LogP contribution in [0, 0.1) is 5.92 Å². The first-order valence-electron chi connectivity index (χ1n) is 6.71. The highest BCUT2D eigenvalue weighted by Crippen LogP contribution is 2.14. The molecule has 0 bridgehead atoms. The van der Waals surface area contributed by atoms with Crippen LogP contribution in [0.25, 0.3) is 0 Å². The van der Waals surface area contributed by atoms with Crippen molar-refractivity contribution >= 4 is 0 Å². The molecule has 1 N–H and O–H groups in total. The minimum absolute atomic E-state index is 0.678. The van der Waals surface area contributed by atoms with Gasteiger partial charge < -0.3 is 10.1 Å². The Morgan fingerprint density at radius 3 is 2.88 bits per heavy atom. The number of nitrogens with one attached hydrogen (secondary N) is 1. The smallest absolute Gasteiger partial charge is 0.0589 e. The maximum atomic E-state index is 5.20. The van der Waals surface area contributed by atoms with Crippen molar-refractivity contribution in [2.75, 3.05) is 39.9 Å². The van der Waals surface area contributed by atoms with Crippen LogP contribution in [0.2, 0.25) is 0 Å². The Bertz CT molecular complexity index is 169. The average Bonchev–Trinajstić information content (AvgIpc) is 2.34. The molecule has 2 unspecified atom stereocenters. The lowest BCUT2D eigenvalue weighted by atomic mass is 9.98. The highest BCUT2D eigenvalue weighted by atomic mass is 16.5. The van der Waals surface area contributed by atoms with Crippen LogP contribution < -0.4 is 5.32 Å². The molecule has 1 heterocycles. The van der Waals surface area contributed by atoms with E-state index in [-0.39, 0.29) is 0 Å². The highest BCUT2D eigenvalue weighted by molar-refractivity contribution is 4.75. The molecule has 1 saturated heterocycles. The standard InChI is InChI=1S/C13H28N2O/c1-4-12(2)15(8-9-16-3)11-13-6-5-7-14-10-13/h12-14H,4-11H2,1-3H3. The second-order valence-corrected chi connectivity index (χ2v) is 4.96. The van der Waals surface area contributed by atoms with E-state index >= 15 is 0 Å². The van der Waals surface area contributed by atoms with Crippen molar-refractivity contribution in [2.24, 2.45) is 5.92 Å². The fourth-order valence-corrected chi connectivity index (χ4v) is 2.37. The summed E-state index contributed by atoms with van der Waals surface area (Å²) in [6, 6.07) is 0.678. The molecule has 0 aliphatic carbocycles. The van der Waals surface area contributed by atoms with Crippen LogP contribution in [-0.4, -0.2) is 50.8 Å². The number of rotatable bonds is 7. The first-order chi connectivity index (χ1) is 7.77. The molecule has 3 nitrogen and oxygen atoms in total. The summed E-state index contributed by atoms with van der Waals surface area (Å²) >= 11 is 0. The second-order valence-electron chi connectivity index (χ2n) is 4.96. The lowest BCUT2D eigenvalue weighted by molar-refractivity contribution is 0.104. The van der Waals surface area contributed by atoms with Crippen molar-refractivity contribution in [3.63, 3.8) is 0 Å². The van der Waals surface area contributed by atoms with Gasteiger partial charge in [-0.2, -0.15) is 0 Å². The second kappa shape index (κ2) is 8.04. The van der Waals surface area contributed by atoms with Crippen LogP contribution in [0.3, 0.4) is 0 Å². The third kappa shape index (κ3) is 4.81. The number of hydrogen-bond donors (Lipinski definition) is 1. The molecule has 0 saturated carbocycles. The fraction of sp³-hybridized carbons (Fsp3) is 1.00. The van der Waals surface area contributed by atoms with Gasteiger partial charge in [0.2, 0.25) is 0 Å². The van der Waals surface area contributed by atoms with E-state index in [2.05, 4.69) is 24.1 Å². The van der Waals surface area contributed by atoms with Crippen molar-refractivity contribution in [1.82, 2.24) is 10.2 Å². The summed E-state index contributed by atoms with van der Waals surface area (Å²) < 4.78 is 5.20. The molecule has 1 fully saturated rings. The molecule has 0 spiro atoms. The Morgan fingerprint density at radius 1 is 1.50 bits per heavy atom. The SMILES string of the molecule is CCC(C)N(CCOC)CC1CCCNC1. The quantitative estimate of drug-likeness (QED) is 0.718. The van der Waals surface area contributed by atoms with Gasteiger partial charge in [0.25, 0.3) is 0 Å². The van der Waals surface area contributed by atoms with Gasteiger partial charge in [-0.15, -0.1) is 0 Å². The molecule has 1 aliphatic rings. The van der Waals surface area contributed by atoms with Crippen molar-refractivity contribution < 1.29 is 4.74 Å². The van der Waals surface area contributed by atoms with Crippen LogP contribution in [0.4, 0.5) is 0 Å². The Balaban J connectivity index is 2.34. The van der Waals surface area contributed by atoms with Gasteiger partial charge in [-0.05, 0) is 45.2 Å². The van der Waals surface area contributed by atoms with Crippen molar-refractivity contribution in [2.45, 2.75) is 39.2 Å². The third-order valence-corrected chi connectivity index (χ3v) is 3.69. The molecule has 0 aromatic rings. The largest absolute Gasteiger partial charge is 0.383 e. The molecule has 0 radical (unpaired) electrons. The lowest BCUT2D eigenvalue weighted by Gasteiger charge is -2.33. The molecule has 0 aromatic carbocycles. The van der Waals surface area contributed by atoms with E-state index < -0.39 is 0 Å². The monoisotopic (exact) mass is 228 g/mol. The lowest BCUT2D eigenvalue weighted by Crippen LogP contribution is -2.43. The summed E-state index contributed by atoms with van der Waals surface area (Å²) in [5, 5.41) is 3.50. The van der Waals surface area contributed by atoms with Crippen LogP contribution in [0.5, 0.6) is 0 Å². The molecule has 3 heteroatoms. The van der Waals surface area contributed by atoms with Gasteiger partial charge in [0, 0.05) is 26.2 Å². The van der Waals surface area contributed by atoms with E-state index in [9.17, 15) is 0 Å². The maximum absolute atomic E-state index is 5.20. The van der Waals surface area contributed by atoms with Crippen LogP contribution in [0.15, 0.2) is 0 Å². The van der Waals surface area contributed by atoms with Gasteiger partial charge in [-0.1, -0.05) is 6.92 Å². The van der Waals surface area contributed by atoms with E-state index in [1.54, 1.807) is 7.11 Å². The fourth-order valence-electron chi connectivity index (χ4n) is 2.37. The molecule has 96 valence electrons. The van der Waals surface area contributed by atoms with E-state index in [1.165, 1.54) is 38.9 Å². The summed E-state index contributed by atoms with van der Waals surface area (Å²) in [6.45, 7) is 10.1. The molecule has 1 aliphatic heterocycles. The molecular weight excluding hydrogens is 200 g/mol. The van der Waals surface area contributed by atoms with Crippen molar-refractivity contribution in [1.29, 1.82) is 0 Å². The zero-order chi connectivity index (χ0) is 11.8. The number of hydrogen-bond acceptors (Lipinski definition) is 3. The van der Waals surface area contributed by atoms with Crippen molar-refractivity contribution in [3.05, 3.63) is 0 Å². The first kappa shape index (κ1) is 13.9. The summed E-state index contributed by atoms with van der Waals surface area (Å²) in [5.41, 5.74) is 0. The topological polar surface area (TPSA) is 24.5 Å². The van der Waals surface area contributed by atoms with Gasteiger partial charge in [-0.3, -0.25) is 4.90 Å². The van der Waals surface area contributed by atoms with Gasteiger partial charge >= 0.3 is 0 Å². The molecule has 1 rings (SSSR count).